The van der Waals surface area contributed by atoms with E-state index in [2.05, 4.69) is 25.5 Å². The number of benzene rings is 1. The molecule has 0 radical (unpaired) electrons. The van der Waals surface area contributed by atoms with E-state index in [1.165, 1.54) is 4.90 Å². The molecule has 1 spiro atoms. The number of hydrogen-bond acceptors (Lipinski definition) is 5. The van der Waals surface area contributed by atoms with Crippen LogP contribution in [0.1, 0.15) is 18.4 Å². The van der Waals surface area contributed by atoms with Crippen molar-refractivity contribution in [2.75, 3.05) is 36.4 Å². The highest BCUT2D eigenvalue weighted by molar-refractivity contribution is 5.95. The summed E-state index contributed by atoms with van der Waals surface area (Å²) in [6.45, 7) is 1.28. The molecule has 0 unspecified atom stereocenters. The van der Waals surface area contributed by atoms with Crippen molar-refractivity contribution in [3.8, 4) is 0 Å². The van der Waals surface area contributed by atoms with Gasteiger partial charge in [-0.15, -0.1) is 12.4 Å². The molecule has 2 aromatic heterocycles. The lowest BCUT2D eigenvalue weighted by molar-refractivity contribution is -0.140. The SMILES string of the molecule is Cl.O=C(CN1CC2(CCN(c3nccn4cncc34)CC2)NC1=O)Nc1ccc(C(F)(F)F)c(F)c1. The van der Waals surface area contributed by atoms with Gasteiger partial charge in [0.05, 0.1) is 23.6 Å². The number of imidazole rings is 1. The van der Waals surface area contributed by atoms with Crippen molar-refractivity contribution in [1.82, 2.24) is 24.6 Å². The fourth-order valence-corrected chi connectivity index (χ4v) is 4.62. The molecule has 36 heavy (non-hydrogen) atoms. The Morgan fingerprint density at radius 3 is 2.67 bits per heavy atom. The second-order valence-corrected chi connectivity index (χ2v) is 8.73. The van der Waals surface area contributed by atoms with Crippen LogP contribution in [0.15, 0.2) is 43.1 Å². The zero-order valence-electron chi connectivity index (χ0n) is 18.8. The second kappa shape index (κ2) is 9.45. The number of aromatic nitrogens is 3. The average molecular weight is 528 g/mol. The van der Waals surface area contributed by atoms with Gasteiger partial charge in [0.1, 0.15) is 17.9 Å². The number of nitrogens with one attached hydrogen (secondary N) is 2. The molecule has 3 aromatic rings. The molecular weight excluding hydrogens is 506 g/mol. The summed E-state index contributed by atoms with van der Waals surface area (Å²) >= 11 is 0. The Kier molecular flexibility index (Phi) is 6.69. The van der Waals surface area contributed by atoms with Crippen LogP contribution < -0.4 is 15.5 Å². The highest BCUT2D eigenvalue weighted by Crippen LogP contribution is 2.33. The average Bonchev–Trinajstić information content (AvgIpc) is 3.38. The van der Waals surface area contributed by atoms with Crippen LogP contribution in [-0.2, 0) is 11.0 Å². The fourth-order valence-electron chi connectivity index (χ4n) is 4.62. The number of carbonyl (C=O) groups is 2. The first kappa shape index (κ1) is 25.5. The third-order valence-corrected chi connectivity index (χ3v) is 6.38. The predicted molar refractivity (Wildman–Crippen MR) is 125 cm³/mol. The number of fused-ring (bicyclic) bond motifs is 1. The van der Waals surface area contributed by atoms with Crippen LogP contribution in [0, 0.1) is 5.82 Å². The van der Waals surface area contributed by atoms with Crippen molar-refractivity contribution in [3.63, 3.8) is 0 Å². The van der Waals surface area contributed by atoms with Crippen molar-refractivity contribution < 1.29 is 27.2 Å². The van der Waals surface area contributed by atoms with Crippen LogP contribution in [-0.4, -0.2) is 62.9 Å². The van der Waals surface area contributed by atoms with E-state index in [0.29, 0.717) is 44.6 Å². The Hall–Kier alpha value is -3.61. The predicted octanol–water partition coefficient (Wildman–Crippen LogP) is 3.31. The van der Waals surface area contributed by atoms with E-state index in [1.54, 1.807) is 18.7 Å². The number of piperidine rings is 1. The number of hydrogen-bond donors (Lipinski definition) is 2. The maximum atomic E-state index is 13.8. The number of anilines is 2. The van der Waals surface area contributed by atoms with Gasteiger partial charge in [-0.2, -0.15) is 13.2 Å². The first-order valence-electron chi connectivity index (χ1n) is 10.9. The molecule has 3 amide bonds. The summed E-state index contributed by atoms with van der Waals surface area (Å²) in [5, 5.41) is 5.33. The normalized spacial score (nSPS) is 17.3. The number of halogens is 5. The second-order valence-electron chi connectivity index (χ2n) is 8.73. The molecule has 0 saturated carbocycles. The molecule has 9 nitrogen and oxygen atoms in total. The first-order valence-corrected chi connectivity index (χ1v) is 10.9. The summed E-state index contributed by atoms with van der Waals surface area (Å²) in [7, 11) is 0. The molecule has 0 atom stereocenters. The Bertz CT molecular complexity index is 1290. The van der Waals surface area contributed by atoms with Gasteiger partial charge < -0.3 is 24.8 Å². The Morgan fingerprint density at radius 1 is 1.22 bits per heavy atom. The molecule has 2 fully saturated rings. The van der Waals surface area contributed by atoms with E-state index in [4.69, 9.17) is 0 Å². The monoisotopic (exact) mass is 527 g/mol. The van der Waals surface area contributed by atoms with Crippen molar-refractivity contribution in [2.24, 2.45) is 0 Å². The smallest absolute Gasteiger partial charge is 0.355 e. The van der Waals surface area contributed by atoms with Gasteiger partial charge in [0.25, 0.3) is 0 Å². The lowest BCUT2D eigenvalue weighted by Gasteiger charge is -2.39. The standard InChI is InChI=1S/C22H21F4N7O2.ClH/c23-16-9-14(1-2-15(16)22(24,25)26)29-18(34)11-33-12-21(30-20(33)35)3-6-31(7-4-21)19-17-10-27-13-32(17)8-5-28-19;/h1-2,5,8-10,13H,3-4,6-7,11-12H2,(H,29,34)(H,30,35);1H. The number of amides is 3. The lowest BCUT2D eigenvalue weighted by Crippen LogP contribution is -2.52. The van der Waals surface area contributed by atoms with E-state index in [9.17, 15) is 27.2 Å². The molecule has 14 heteroatoms. The molecule has 4 heterocycles. The quantitative estimate of drug-likeness (QED) is 0.508. The summed E-state index contributed by atoms with van der Waals surface area (Å²) in [5.41, 5.74) is -1.15. The number of urea groups is 1. The van der Waals surface area contributed by atoms with Gasteiger partial charge in [-0.25, -0.2) is 19.2 Å². The maximum absolute atomic E-state index is 13.8. The third kappa shape index (κ3) is 4.87. The minimum atomic E-state index is -4.83. The maximum Gasteiger partial charge on any atom is 0.419 e. The van der Waals surface area contributed by atoms with Crippen molar-refractivity contribution in [3.05, 3.63) is 54.5 Å². The van der Waals surface area contributed by atoms with Gasteiger partial charge in [0, 0.05) is 37.7 Å². The molecule has 0 bridgehead atoms. The summed E-state index contributed by atoms with van der Waals surface area (Å²) in [4.78, 5) is 37.1. The van der Waals surface area contributed by atoms with Crippen LogP contribution in [0.3, 0.4) is 0 Å². The van der Waals surface area contributed by atoms with Gasteiger partial charge in [-0.3, -0.25) is 4.79 Å². The molecule has 5 rings (SSSR count). The van der Waals surface area contributed by atoms with Gasteiger partial charge >= 0.3 is 12.2 Å². The van der Waals surface area contributed by atoms with Gasteiger partial charge in [-0.05, 0) is 31.0 Å². The van der Waals surface area contributed by atoms with Crippen LogP contribution in [0.25, 0.3) is 5.52 Å². The molecule has 2 aliphatic rings. The molecule has 0 aliphatic carbocycles. The highest BCUT2D eigenvalue weighted by Gasteiger charge is 2.45. The topological polar surface area (TPSA) is 94.9 Å². The number of rotatable bonds is 4. The van der Waals surface area contributed by atoms with E-state index in [1.807, 2.05) is 10.6 Å². The zero-order chi connectivity index (χ0) is 24.8. The molecule has 2 N–H and O–H groups in total. The summed E-state index contributed by atoms with van der Waals surface area (Å²) in [5.74, 6) is -1.31. The van der Waals surface area contributed by atoms with Gasteiger partial charge in [-0.1, -0.05) is 0 Å². The molecule has 192 valence electrons. The first-order chi connectivity index (χ1) is 16.6. The van der Waals surface area contributed by atoms with Crippen LogP contribution in [0.4, 0.5) is 33.9 Å². The van der Waals surface area contributed by atoms with E-state index < -0.39 is 35.0 Å². The summed E-state index contributed by atoms with van der Waals surface area (Å²) < 4.78 is 53.8. The third-order valence-electron chi connectivity index (χ3n) is 6.38. The Labute approximate surface area is 208 Å². The van der Waals surface area contributed by atoms with Crippen molar-refractivity contribution in [1.29, 1.82) is 0 Å². The minimum Gasteiger partial charge on any atom is -0.355 e. The zero-order valence-corrected chi connectivity index (χ0v) is 19.6. The molecule has 2 aliphatic heterocycles. The van der Waals surface area contributed by atoms with E-state index >= 15 is 0 Å². The van der Waals surface area contributed by atoms with Crippen LogP contribution in [0.5, 0.6) is 0 Å². The van der Waals surface area contributed by atoms with Crippen molar-refractivity contribution in [2.45, 2.75) is 24.6 Å². The molecule has 2 saturated heterocycles. The number of alkyl halides is 3. The van der Waals surface area contributed by atoms with Crippen LogP contribution >= 0.6 is 12.4 Å². The number of carbonyl (C=O) groups excluding carboxylic acids is 2. The van der Waals surface area contributed by atoms with E-state index in [0.717, 1.165) is 17.4 Å². The summed E-state index contributed by atoms with van der Waals surface area (Å²) in [6.07, 6.45) is 3.41. The molecule has 1 aromatic carbocycles. The highest BCUT2D eigenvalue weighted by atomic mass is 35.5. The number of nitrogens with zero attached hydrogens (tertiary/aromatic N) is 5. The largest absolute Gasteiger partial charge is 0.419 e. The molecular formula is C22H22ClF4N7O2. The minimum absolute atomic E-state index is 0. The van der Waals surface area contributed by atoms with Gasteiger partial charge in [0.15, 0.2) is 5.82 Å². The van der Waals surface area contributed by atoms with Gasteiger partial charge in [0.2, 0.25) is 5.91 Å². The van der Waals surface area contributed by atoms with Crippen LogP contribution in [0.2, 0.25) is 0 Å². The fraction of sp³-hybridized carbons (Fsp3) is 0.364. The Morgan fingerprint density at radius 2 is 1.97 bits per heavy atom. The Balaban J connectivity index is 0.00000304. The van der Waals surface area contributed by atoms with E-state index in [-0.39, 0.29) is 24.6 Å². The van der Waals surface area contributed by atoms with Crippen molar-refractivity contribution >= 4 is 41.4 Å². The summed E-state index contributed by atoms with van der Waals surface area (Å²) in [6, 6.07) is 1.75. The lowest BCUT2D eigenvalue weighted by atomic mass is 9.88.